The summed E-state index contributed by atoms with van der Waals surface area (Å²) in [7, 11) is 0. The molecule has 0 aliphatic heterocycles. The lowest BCUT2D eigenvalue weighted by Crippen LogP contribution is -2.18. The Labute approximate surface area is 94.3 Å². The number of hydrogen-bond donors (Lipinski definition) is 2. The molecule has 1 aromatic carbocycles. The van der Waals surface area contributed by atoms with E-state index in [9.17, 15) is 15.2 Å². The standard InChI is InChI=1S/C11H16N2O3/c1-3-9(14)7-12-10-6-8(2)4-5-11(10)13(15)16/h4-6,9,12,14H,3,7H2,1-2H3. The lowest BCUT2D eigenvalue weighted by Gasteiger charge is -2.11. The van der Waals surface area contributed by atoms with E-state index in [1.165, 1.54) is 6.07 Å². The number of nitro groups is 1. The van der Waals surface area contributed by atoms with E-state index in [1.807, 2.05) is 13.8 Å². The van der Waals surface area contributed by atoms with Crippen LogP contribution in [0.4, 0.5) is 11.4 Å². The predicted molar refractivity (Wildman–Crippen MR) is 62.6 cm³/mol. The summed E-state index contributed by atoms with van der Waals surface area (Å²) < 4.78 is 0. The Hall–Kier alpha value is -1.62. The monoisotopic (exact) mass is 224 g/mol. The Morgan fingerprint density at radius 1 is 1.56 bits per heavy atom. The van der Waals surface area contributed by atoms with Gasteiger partial charge in [0, 0.05) is 12.6 Å². The van der Waals surface area contributed by atoms with Gasteiger partial charge in [0.05, 0.1) is 11.0 Å². The first kappa shape index (κ1) is 12.4. The Kier molecular flexibility index (Phi) is 4.25. The zero-order valence-corrected chi connectivity index (χ0v) is 9.43. The molecule has 0 radical (unpaired) electrons. The van der Waals surface area contributed by atoms with E-state index in [2.05, 4.69) is 5.32 Å². The summed E-state index contributed by atoms with van der Waals surface area (Å²) in [6, 6.07) is 4.87. The third kappa shape index (κ3) is 3.20. The topological polar surface area (TPSA) is 75.4 Å². The SMILES string of the molecule is CCC(O)CNc1cc(C)ccc1[N+](=O)[O-]. The van der Waals surface area contributed by atoms with Gasteiger partial charge < -0.3 is 10.4 Å². The van der Waals surface area contributed by atoms with E-state index >= 15 is 0 Å². The quantitative estimate of drug-likeness (QED) is 0.593. The Bertz CT molecular complexity index is 379. The van der Waals surface area contributed by atoms with Crippen LogP contribution in [0, 0.1) is 17.0 Å². The van der Waals surface area contributed by atoms with Crippen LogP contribution < -0.4 is 5.32 Å². The van der Waals surface area contributed by atoms with E-state index in [0.717, 1.165) is 5.56 Å². The molecule has 1 rings (SSSR count). The van der Waals surface area contributed by atoms with Gasteiger partial charge in [0.25, 0.3) is 5.69 Å². The molecule has 0 heterocycles. The van der Waals surface area contributed by atoms with E-state index in [0.29, 0.717) is 18.7 Å². The van der Waals surface area contributed by atoms with Crippen LogP contribution in [0.25, 0.3) is 0 Å². The van der Waals surface area contributed by atoms with Gasteiger partial charge in [0.1, 0.15) is 5.69 Å². The number of anilines is 1. The minimum absolute atomic E-state index is 0.0360. The maximum absolute atomic E-state index is 10.8. The number of aryl methyl sites for hydroxylation is 1. The molecule has 0 bridgehead atoms. The molecule has 1 aromatic rings. The largest absolute Gasteiger partial charge is 0.391 e. The van der Waals surface area contributed by atoms with E-state index in [1.54, 1.807) is 12.1 Å². The fourth-order valence-corrected chi connectivity index (χ4v) is 1.32. The van der Waals surface area contributed by atoms with E-state index in [-0.39, 0.29) is 5.69 Å². The average Bonchev–Trinajstić information content (AvgIpc) is 2.25. The highest BCUT2D eigenvalue weighted by atomic mass is 16.6. The number of aliphatic hydroxyl groups excluding tert-OH is 1. The Balaban J connectivity index is 2.84. The second-order valence-electron chi connectivity index (χ2n) is 3.72. The first-order valence-corrected chi connectivity index (χ1v) is 5.21. The van der Waals surface area contributed by atoms with Crippen molar-refractivity contribution in [3.05, 3.63) is 33.9 Å². The number of hydrogen-bond acceptors (Lipinski definition) is 4. The highest BCUT2D eigenvalue weighted by Crippen LogP contribution is 2.25. The second kappa shape index (κ2) is 5.46. The van der Waals surface area contributed by atoms with Gasteiger partial charge in [-0.3, -0.25) is 10.1 Å². The van der Waals surface area contributed by atoms with Gasteiger partial charge in [-0.2, -0.15) is 0 Å². The number of aliphatic hydroxyl groups is 1. The highest BCUT2D eigenvalue weighted by Gasteiger charge is 2.13. The van der Waals surface area contributed by atoms with Crippen molar-refractivity contribution in [1.29, 1.82) is 0 Å². The molecule has 1 atom stereocenters. The molecule has 0 aliphatic carbocycles. The molecule has 0 spiro atoms. The minimum Gasteiger partial charge on any atom is -0.391 e. The van der Waals surface area contributed by atoms with Crippen LogP contribution >= 0.6 is 0 Å². The van der Waals surface area contributed by atoms with Crippen molar-refractivity contribution in [2.75, 3.05) is 11.9 Å². The maximum Gasteiger partial charge on any atom is 0.292 e. The molecule has 0 aliphatic rings. The van der Waals surface area contributed by atoms with Gasteiger partial charge in [0.2, 0.25) is 0 Å². The molecule has 2 N–H and O–H groups in total. The lowest BCUT2D eigenvalue weighted by atomic mass is 10.2. The summed E-state index contributed by atoms with van der Waals surface area (Å²) in [6.07, 6.45) is 0.132. The Morgan fingerprint density at radius 3 is 2.81 bits per heavy atom. The minimum atomic E-state index is -0.486. The highest BCUT2D eigenvalue weighted by molar-refractivity contribution is 5.62. The van der Waals surface area contributed by atoms with Crippen LogP contribution in [0.3, 0.4) is 0 Å². The molecule has 88 valence electrons. The molecule has 0 saturated heterocycles. The average molecular weight is 224 g/mol. The number of rotatable bonds is 5. The summed E-state index contributed by atoms with van der Waals surface area (Å²) in [6.45, 7) is 4.04. The Morgan fingerprint density at radius 2 is 2.25 bits per heavy atom. The number of benzene rings is 1. The molecule has 0 aromatic heterocycles. The van der Waals surface area contributed by atoms with Gasteiger partial charge in [-0.05, 0) is 25.0 Å². The first-order valence-electron chi connectivity index (χ1n) is 5.21. The van der Waals surface area contributed by atoms with Crippen molar-refractivity contribution in [3.8, 4) is 0 Å². The summed E-state index contributed by atoms with van der Waals surface area (Å²) in [4.78, 5) is 10.3. The molecule has 5 heteroatoms. The zero-order chi connectivity index (χ0) is 12.1. The van der Waals surface area contributed by atoms with Gasteiger partial charge in [-0.1, -0.05) is 13.0 Å². The molecule has 0 fully saturated rings. The summed E-state index contributed by atoms with van der Waals surface area (Å²) in [5, 5.41) is 23.0. The van der Waals surface area contributed by atoms with Gasteiger partial charge >= 0.3 is 0 Å². The summed E-state index contributed by atoms with van der Waals surface area (Å²) in [5.74, 6) is 0. The summed E-state index contributed by atoms with van der Waals surface area (Å²) >= 11 is 0. The van der Waals surface area contributed by atoms with Gasteiger partial charge in [-0.15, -0.1) is 0 Å². The molecule has 0 amide bonds. The third-order valence-corrected chi connectivity index (χ3v) is 2.35. The maximum atomic E-state index is 10.8. The van der Waals surface area contributed by atoms with Gasteiger partial charge in [0.15, 0.2) is 0 Å². The number of nitro benzene ring substituents is 1. The van der Waals surface area contributed by atoms with Crippen molar-refractivity contribution in [3.63, 3.8) is 0 Å². The van der Waals surface area contributed by atoms with Crippen molar-refractivity contribution in [1.82, 2.24) is 0 Å². The summed E-state index contributed by atoms with van der Waals surface area (Å²) in [5.41, 5.74) is 1.44. The molecule has 0 saturated carbocycles. The van der Waals surface area contributed by atoms with Crippen LogP contribution in [0.5, 0.6) is 0 Å². The van der Waals surface area contributed by atoms with Crippen molar-refractivity contribution in [2.45, 2.75) is 26.4 Å². The third-order valence-electron chi connectivity index (χ3n) is 2.35. The fourth-order valence-electron chi connectivity index (χ4n) is 1.32. The molecule has 16 heavy (non-hydrogen) atoms. The van der Waals surface area contributed by atoms with E-state index in [4.69, 9.17) is 0 Å². The van der Waals surface area contributed by atoms with Crippen LogP contribution in [0.15, 0.2) is 18.2 Å². The lowest BCUT2D eigenvalue weighted by molar-refractivity contribution is -0.384. The number of nitrogens with one attached hydrogen (secondary N) is 1. The van der Waals surface area contributed by atoms with E-state index < -0.39 is 11.0 Å². The van der Waals surface area contributed by atoms with Crippen LogP contribution in [-0.2, 0) is 0 Å². The van der Waals surface area contributed by atoms with Crippen molar-refractivity contribution < 1.29 is 10.0 Å². The molecule has 5 nitrogen and oxygen atoms in total. The normalized spacial score (nSPS) is 12.2. The number of nitrogens with zero attached hydrogens (tertiary/aromatic N) is 1. The smallest absolute Gasteiger partial charge is 0.292 e. The van der Waals surface area contributed by atoms with Crippen LogP contribution in [0.1, 0.15) is 18.9 Å². The van der Waals surface area contributed by atoms with Gasteiger partial charge in [-0.25, -0.2) is 0 Å². The first-order chi connectivity index (χ1) is 7.54. The second-order valence-corrected chi connectivity index (χ2v) is 3.72. The predicted octanol–water partition coefficient (Wildman–Crippen LogP) is 2.09. The molecular weight excluding hydrogens is 208 g/mol. The zero-order valence-electron chi connectivity index (χ0n) is 9.43. The van der Waals surface area contributed by atoms with Crippen LogP contribution in [0.2, 0.25) is 0 Å². The molecular formula is C11H16N2O3. The van der Waals surface area contributed by atoms with Crippen LogP contribution in [-0.4, -0.2) is 22.7 Å². The fraction of sp³-hybridized carbons (Fsp3) is 0.455. The van der Waals surface area contributed by atoms with Crippen molar-refractivity contribution >= 4 is 11.4 Å². The molecule has 1 unspecified atom stereocenters. The van der Waals surface area contributed by atoms with Crippen molar-refractivity contribution in [2.24, 2.45) is 0 Å².